The van der Waals surface area contributed by atoms with Crippen molar-refractivity contribution in [2.24, 2.45) is 50.2 Å². The predicted octanol–water partition coefficient (Wildman–Crippen LogP) is 6.96. The van der Waals surface area contributed by atoms with Gasteiger partial charge in [-0.15, -0.1) is 0 Å². The summed E-state index contributed by atoms with van der Waals surface area (Å²) >= 11 is 0. The lowest BCUT2D eigenvalue weighted by Gasteiger charge is -2.71. The van der Waals surface area contributed by atoms with E-state index in [1.54, 1.807) is 5.57 Å². The molecule has 0 heterocycles. The van der Waals surface area contributed by atoms with Gasteiger partial charge in [0.1, 0.15) is 11.5 Å². The number of hydrogen-bond donors (Lipinski definition) is 1. The third-order valence-electron chi connectivity index (χ3n) is 13.9. The summed E-state index contributed by atoms with van der Waals surface area (Å²) in [6.07, 6.45) is 11.2. The fourth-order valence-electron chi connectivity index (χ4n) is 11.1. The molecule has 0 aromatic carbocycles. The number of carbonyl (C=O) groups excluding carboxylic acids is 2. The van der Waals surface area contributed by atoms with Crippen molar-refractivity contribution in [1.82, 2.24) is 0 Å². The largest absolute Gasteiger partial charge is 0.481 e. The van der Waals surface area contributed by atoms with Crippen molar-refractivity contribution in [1.29, 1.82) is 0 Å². The second-order valence-electron chi connectivity index (χ2n) is 15.5. The summed E-state index contributed by atoms with van der Waals surface area (Å²) in [5, 5.41) is 10.6. The minimum Gasteiger partial charge on any atom is -0.481 e. The number of allylic oxidation sites excluding steroid dienone is 2. The van der Waals surface area contributed by atoms with Crippen molar-refractivity contribution in [2.45, 2.75) is 119 Å². The molecule has 10 atom stereocenters. The van der Waals surface area contributed by atoms with E-state index in [0.717, 1.165) is 57.8 Å². The molecule has 39 heavy (non-hydrogen) atoms. The van der Waals surface area contributed by atoms with Crippen LogP contribution in [0.1, 0.15) is 113 Å². The van der Waals surface area contributed by atoms with Crippen molar-refractivity contribution in [3.05, 3.63) is 11.6 Å². The zero-order valence-corrected chi connectivity index (χ0v) is 25.4. The number of esters is 2. The highest BCUT2D eigenvalue weighted by molar-refractivity contribution is 5.77. The van der Waals surface area contributed by atoms with Gasteiger partial charge in [-0.05, 0) is 117 Å². The standard InChI is InChI=1S/C33H50O6/c1-20(34)39-25-12-13-30(4)23-10-9-21-22-19-29(3,27(37)38-8)16-15-28(22,2)17-18-31(21,5)32(23,6)14-11-24(30)33(25,7)26(35)36/h9,22-25H,10-19H2,1-8H3,(H,35,36)/t22-,23+,24+,25+,28+,29+,30+,31+,32+,33-/m0/s1. The van der Waals surface area contributed by atoms with Crippen LogP contribution in [0.2, 0.25) is 0 Å². The van der Waals surface area contributed by atoms with Crippen molar-refractivity contribution in [2.75, 3.05) is 7.11 Å². The van der Waals surface area contributed by atoms with Crippen LogP contribution in [0.25, 0.3) is 0 Å². The lowest BCUT2D eigenvalue weighted by Crippen LogP contribution is -2.66. The Morgan fingerprint density at radius 3 is 2.18 bits per heavy atom. The molecule has 0 aromatic heterocycles. The molecule has 4 fully saturated rings. The maximum atomic E-state index is 12.9. The third kappa shape index (κ3) is 3.67. The predicted molar refractivity (Wildman–Crippen MR) is 149 cm³/mol. The molecule has 0 unspecified atom stereocenters. The van der Waals surface area contributed by atoms with Crippen molar-refractivity contribution < 1.29 is 29.0 Å². The second kappa shape index (κ2) is 8.82. The Kier molecular flexibility index (Phi) is 6.49. The Balaban J connectivity index is 1.55. The average molecular weight is 543 g/mol. The molecule has 5 aliphatic carbocycles. The Labute approximate surface area is 234 Å². The zero-order chi connectivity index (χ0) is 28.8. The summed E-state index contributed by atoms with van der Waals surface area (Å²) in [5.74, 6) is -0.655. The van der Waals surface area contributed by atoms with Gasteiger partial charge in [0.15, 0.2) is 0 Å². The second-order valence-corrected chi connectivity index (χ2v) is 15.5. The minimum atomic E-state index is -1.10. The molecule has 5 rings (SSSR count). The monoisotopic (exact) mass is 542 g/mol. The highest BCUT2D eigenvalue weighted by Gasteiger charge is 2.70. The quantitative estimate of drug-likeness (QED) is 0.306. The SMILES string of the molecule is COC(=O)[C@]1(C)CC[C@]2(C)CC[C@]3(C)C(=CC[C@@H]4[C@@]5(C)CC[C@@H](OC(C)=O)[C@@](C)(C(=O)O)[C@@H]5CC[C@]43C)[C@@H]2C1. The molecule has 0 aromatic rings. The first-order chi connectivity index (χ1) is 18.0. The lowest BCUT2D eigenvalue weighted by molar-refractivity contribution is -0.222. The zero-order valence-electron chi connectivity index (χ0n) is 25.4. The van der Waals surface area contributed by atoms with E-state index in [1.807, 2.05) is 6.92 Å². The van der Waals surface area contributed by atoms with Gasteiger partial charge in [-0.2, -0.15) is 0 Å². The normalized spacial score (nSPS) is 50.7. The Bertz CT molecular complexity index is 1110. The maximum Gasteiger partial charge on any atom is 0.313 e. The van der Waals surface area contributed by atoms with E-state index >= 15 is 0 Å². The van der Waals surface area contributed by atoms with Crippen LogP contribution in [0, 0.1) is 50.2 Å². The summed E-state index contributed by atoms with van der Waals surface area (Å²) in [4.78, 5) is 37.7. The molecule has 5 aliphatic rings. The van der Waals surface area contributed by atoms with Gasteiger partial charge in [0.05, 0.1) is 12.5 Å². The minimum absolute atomic E-state index is 0.00873. The van der Waals surface area contributed by atoms with Crippen molar-refractivity contribution >= 4 is 17.9 Å². The first-order valence-corrected chi connectivity index (χ1v) is 15.2. The van der Waals surface area contributed by atoms with Crippen LogP contribution in [0.15, 0.2) is 11.6 Å². The van der Waals surface area contributed by atoms with E-state index in [4.69, 9.17) is 9.47 Å². The van der Waals surface area contributed by atoms with E-state index in [2.05, 4.69) is 40.7 Å². The van der Waals surface area contributed by atoms with Gasteiger partial charge in [-0.25, -0.2) is 0 Å². The van der Waals surface area contributed by atoms with E-state index in [9.17, 15) is 19.5 Å². The Morgan fingerprint density at radius 1 is 0.897 bits per heavy atom. The first kappa shape index (κ1) is 28.7. The highest BCUT2D eigenvalue weighted by Crippen LogP contribution is 2.75. The third-order valence-corrected chi connectivity index (χ3v) is 13.9. The van der Waals surface area contributed by atoms with E-state index in [0.29, 0.717) is 18.3 Å². The molecule has 218 valence electrons. The molecule has 0 spiro atoms. The molecular weight excluding hydrogens is 492 g/mol. The van der Waals surface area contributed by atoms with E-state index < -0.39 is 28.9 Å². The van der Waals surface area contributed by atoms with Crippen molar-refractivity contribution in [3.63, 3.8) is 0 Å². The van der Waals surface area contributed by atoms with Gasteiger partial charge in [-0.1, -0.05) is 39.3 Å². The van der Waals surface area contributed by atoms with Crippen LogP contribution < -0.4 is 0 Å². The van der Waals surface area contributed by atoms with Crippen LogP contribution in [-0.4, -0.2) is 36.2 Å². The topological polar surface area (TPSA) is 89.9 Å². The molecule has 0 aliphatic heterocycles. The summed E-state index contributed by atoms with van der Waals surface area (Å²) in [5.41, 5.74) is 0.106. The van der Waals surface area contributed by atoms with Gasteiger partial charge < -0.3 is 14.6 Å². The summed E-state index contributed by atoms with van der Waals surface area (Å²) in [7, 11) is 1.51. The van der Waals surface area contributed by atoms with Crippen LogP contribution in [0.3, 0.4) is 0 Å². The lowest BCUT2D eigenvalue weighted by atomic mass is 9.33. The number of fused-ring (bicyclic) bond motifs is 7. The van der Waals surface area contributed by atoms with Gasteiger partial charge in [-0.3, -0.25) is 14.4 Å². The molecular formula is C33H50O6. The van der Waals surface area contributed by atoms with Crippen LogP contribution in [-0.2, 0) is 23.9 Å². The molecule has 0 bridgehead atoms. The summed E-state index contributed by atoms with van der Waals surface area (Å²) < 4.78 is 11.0. The number of carbonyl (C=O) groups is 3. The van der Waals surface area contributed by atoms with Gasteiger partial charge >= 0.3 is 17.9 Å². The molecule has 6 heteroatoms. The van der Waals surface area contributed by atoms with E-state index in [1.165, 1.54) is 14.0 Å². The Morgan fingerprint density at radius 2 is 1.56 bits per heavy atom. The molecule has 1 N–H and O–H groups in total. The number of methoxy groups -OCH3 is 1. The molecule has 0 saturated heterocycles. The fraction of sp³-hybridized carbons (Fsp3) is 0.848. The smallest absolute Gasteiger partial charge is 0.313 e. The fourth-order valence-corrected chi connectivity index (χ4v) is 11.1. The molecule has 0 amide bonds. The van der Waals surface area contributed by atoms with Crippen LogP contribution in [0.5, 0.6) is 0 Å². The van der Waals surface area contributed by atoms with Crippen molar-refractivity contribution in [3.8, 4) is 0 Å². The average Bonchev–Trinajstić information content (AvgIpc) is 2.86. The molecule has 6 nitrogen and oxygen atoms in total. The number of carboxylic acids is 1. The van der Waals surface area contributed by atoms with Crippen LogP contribution in [0.4, 0.5) is 0 Å². The number of aliphatic carboxylic acids is 1. The number of ether oxygens (including phenoxy) is 2. The maximum absolute atomic E-state index is 12.9. The van der Waals surface area contributed by atoms with E-state index in [-0.39, 0.29) is 33.5 Å². The van der Waals surface area contributed by atoms with Gasteiger partial charge in [0, 0.05) is 6.92 Å². The number of carboxylic acid groups (broad SMARTS) is 1. The summed E-state index contributed by atoms with van der Waals surface area (Å²) in [6, 6.07) is 0. The number of rotatable bonds is 3. The first-order valence-electron chi connectivity index (χ1n) is 15.2. The molecule has 0 radical (unpaired) electrons. The van der Waals surface area contributed by atoms with Gasteiger partial charge in [0.2, 0.25) is 0 Å². The summed E-state index contributed by atoms with van der Waals surface area (Å²) in [6.45, 7) is 15.1. The highest BCUT2D eigenvalue weighted by atomic mass is 16.5. The Hall–Kier alpha value is -1.85. The molecule has 4 saturated carbocycles. The van der Waals surface area contributed by atoms with Gasteiger partial charge in [0.25, 0.3) is 0 Å². The number of hydrogen-bond acceptors (Lipinski definition) is 5. The van der Waals surface area contributed by atoms with Crippen LogP contribution >= 0.6 is 0 Å².